The van der Waals surface area contributed by atoms with Gasteiger partial charge in [0.2, 0.25) is 0 Å². The van der Waals surface area contributed by atoms with Crippen molar-refractivity contribution in [1.82, 2.24) is 9.80 Å². The van der Waals surface area contributed by atoms with Crippen molar-refractivity contribution < 1.29 is 38.4 Å². The first-order chi connectivity index (χ1) is 23.1. The van der Waals surface area contributed by atoms with Crippen LogP contribution >= 0.6 is 0 Å². The monoisotopic (exact) mass is 695 g/mol. The van der Waals surface area contributed by atoms with Gasteiger partial charge in [0.05, 0.1) is 24.9 Å². The standard InChI is InChI=1S/C39H70N2O8/c1-13-28-30(40(9)10)18-23(5)46-38(28)45-20-29-25(7)32(14-2)48-37(44)35(43)36(22(4)17-21(3)34(42)26(29)8)49-39-33(27-15-16-27)31(41(11)12)19-24(6)47-39/h21-33,35-36,38-39,43H,13-20H2,1-12H3/t21-,22+,23-,24-,25-,26?,28?,29?,30+,31+,32-,33?,35?,36+,38-,39+/m1/s1. The van der Waals surface area contributed by atoms with E-state index in [2.05, 4.69) is 58.8 Å². The summed E-state index contributed by atoms with van der Waals surface area (Å²) >= 11 is 0. The van der Waals surface area contributed by atoms with Crippen LogP contribution in [-0.2, 0) is 33.3 Å². The minimum absolute atomic E-state index is 0.0209. The van der Waals surface area contributed by atoms with Crippen LogP contribution in [0.5, 0.6) is 0 Å². The number of rotatable bonds is 10. The van der Waals surface area contributed by atoms with Crippen molar-refractivity contribution in [2.75, 3.05) is 34.8 Å². The number of carbonyl (C=O) groups excluding carboxylic acids is 2. The Bertz CT molecular complexity index is 1070. The van der Waals surface area contributed by atoms with Crippen molar-refractivity contribution in [3.05, 3.63) is 0 Å². The summed E-state index contributed by atoms with van der Waals surface area (Å²) in [5.41, 5.74) is 0. The zero-order valence-corrected chi connectivity index (χ0v) is 32.7. The lowest BCUT2D eigenvalue weighted by atomic mass is 9.74. The molecule has 5 unspecified atom stereocenters. The van der Waals surface area contributed by atoms with E-state index in [0.717, 1.165) is 32.1 Å². The van der Waals surface area contributed by atoms with E-state index in [0.29, 0.717) is 31.4 Å². The Labute approximate surface area is 297 Å². The minimum Gasteiger partial charge on any atom is -0.460 e. The second kappa shape index (κ2) is 17.6. The molecule has 3 heterocycles. The van der Waals surface area contributed by atoms with Crippen molar-refractivity contribution in [2.45, 2.75) is 156 Å². The summed E-state index contributed by atoms with van der Waals surface area (Å²) in [5, 5.41) is 11.7. The Hall–Kier alpha value is -1.14. The predicted molar refractivity (Wildman–Crippen MR) is 190 cm³/mol. The molecule has 49 heavy (non-hydrogen) atoms. The van der Waals surface area contributed by atoms with Gasteiger partial charge in [0.15, 0.2) is 18.7 Å². The Morgan fingerprint density at radius 2 is 1.39 bits per heavy atom. The number of esters is 1. The van der Waals surface area contributed by atoms with Gasteiger partial charge in [-0.15, -0.1) is 0 Å². The van der Waals surface area contributed by atoms with E-state index in [1.54, 1.807) is 0 Å². The van der Waals surface area contributed by atoms with Gasteiger partial charge in [-0.3, -0.25) is 4.79 Å². The number of hydrogen-bond acceptors (Lipinski definition) is 10. The zero-order chi connectivity index (χ0) is 36.3. The van der Waals surface area contributed by atoms with Crippen LogP contribution in [0.1, 0.15) is 100 Å². The number of Topliss-reactive ketones (excluding diaryl/α,β-unsaturated/α-hetero) is 1. The highest BCUT2D eigenvalue weighted by atomic mass is 16.7. The third-order valence-corrected chi connectivity index (χ3v) is 12.5. The normalized spacial score (nSPS) is 44.8. The van der Waals surface area contributed by atoms with Crippen molar-refractivity contribution in [3.8, 4) is 0 Å². The molecule has 3 saturated heterocycles. The summed E-state index contributed by atoms with van der Waals surface area (Å²) in [7, 11) is 8.42. The Morgan fingerprint density at radius 3 is 1.94 bits per heavy atom. The van der Waals surface area contributed by atoms with Crippen molar-refractivity contribution in [3.63, 3.8) is 0 Å². The van der Waals surface area contributed by atoms with Crippen LogP contribution in [0, 0.1) is 47.3 Å². The molecule has 0 spiro atoms. The second-order valence-corrected chi connectivity index (χ2v) is 16.7. The predicted octanol–water partition coefficient (Wildman–Crippen LogP) is 5.39. The van der Waals surface area contributed by atoms with Gasteiger partial charge in [0.1, 0.15) is 11.9 Å². The number of ketones is 1. The smallest absolute Gasteiger partial charge is 0.338 e. The molecule has 16 atom stereocenters. The highest BCUT2D eigenvalue weighted by molar-refractivity contribution is 5.83. The molecule has 10 heteroatoms. The molecule has 4 rings (SSSR count). The van der Waals surface area contributed by atoms with Crippen molar-refractivity contribution in [2.24, 2.45) is 47.3 Å². The number of cyclic esters (lactones) is 1. The lowest BCUT2D eigenvalue weighted by molar-refractivity contribution is -0.273. The Morgan fingerprint density at radius 1 is 0.796 bits per heavy atom. The molecular formula is C39H70N2O8. The first-order valence-corrected chi connectivity index (χ1v) is 19.4. The molecule has 0 bridgehead atoms. The highest BCUT2D eigenvalue weighted by Gasteiger charge is 2.50. The molecule has 0 aromatic carbocycles. The van der Waals surface area contributed by atoms with Gasteiger partial charge in [-0.05, 0) is 111 Å². The van der Waals surface area contributed by atoms with E-state index >= 15 is 0 Å². The van der Waals surface area contributed by atoms with Gasteiger partial charge in [-0.25, -0.2) is 4.79 Å². The first-order valence-electron chi connectivity index (χ1n) is 19.4. The fraction of sp³-hybridized carbons (Fsp3) is 0.949. The maximum Gasteiger partial charge on any atom is 0.338 e. The molecule has 3 aliphatic heterocycles. The van der Waals surface area contributed by atoms with E-state index in [4.69, 9.17) is 23.7 Å². The van der Waals surface area contributed by atoms with Gasteiger partial charge >= 0.3 is 5.97 Å². The average molecular weight is 695 g/mol. The van der Waals surface area contributed by atoms with Crippen LogP contribution in [0.2, 0.25) is 0 Å². The number of nitrogens with zero attached hydrogens (tertiary/aromatic N) is 2. The molecule has 1 saturated carbocycles. The maximum atomic E-state index is 14.2. The average Bonchev–Trinajstić information content (AvgIpc) is 3.89. The van der Waals surface area contributed by atoms with Crippen LogP contribution < -0.4 is 0 Å². The van der Waals surface area contributed by atoms with Crippen LogP contribution in [0.3, 0.4) is 0 Å². The third kappa shape index (κ3) is 9.65. The van der Waals surface area contributed by atoms with E-state index in [-0.39, 0.29) is 71.7 Å². The highest BCUT2D eigenvalue weighted by Crippen LogP contribution is 2.47. The molecule has 0 radical (unpaired) electrons. The summed E-state index contributed by atoms with van der Waals surface area (Å²) in [5.74, 6) is -1.03. The van der Waals surface area contributed by atoms with Gasteiger partial charge < -0.3 is 38.6 Å². The molecule has 1 N–H and O–H groups in total. The maximum absolute atomic E-state index is 14.2. The van der Waals surface area contributed by atoms with E-state index in [1.807, 2.05) is 34.6 Å². The van der Waals surface area contributed by atoms with Crippen molar-refractivity contribution in [1.29, 1.82) is 0 Å². The summed E-state index contributed by atoms with van der Waals surface area (Å²) in [6.07, 6.45) is 2.26. The number of aliphatic hydroxyl groups excluding tert-OH is 1. The van der Waals surface area contributed by atoms with Crippen LogP contribution in [0.25, 0.3) is 0 Å². The number of hydrogen-bond donors (Lipinski definition) is 1. The molecule has 0 aromatic heterocycles. The second-order valence-electron chi connectivity index (χ2n) is 16.7. The molecule has 1 aliphatic carbocycles. The van der Waals surface area contributed by atoms with Gasteiger partial charge in [0.25, 0.3) is 0 Å². The molecule has 0 aromatic rings. The summed E-state index contributed by atoms with van der Waals surface area (Å²) in [6, 6.07) is 0.617. The van der Waals surface area contributed by atoms with Crippen LogP contribution in [-0.4, -0.2) is 117 Å². The summed E-state index contributed by atoms with van der Waals surface area (Å²) in [4.78, 5) is 32.6. The lowest BCUT2D eigenvalue weighted by Gasteiger charge is -2.46. The van der Waals surface area contributed by atoms with E-state index in [9.17, 15) is 14.7 Å². The Kier molecular flexibility index (Phi) is 14.6. The van der Waals surface area contributed by atoms with Crippen LogP contribution in [0.15, 0.2) is 0 Å². The zero-order valence-electron chi connectivity index (χ0n) is 32.7. The topological polar surface area (TPSA) is 107 Å². The molecule has 284 valence electrons. The number of carbonyl (C=O) groups is 2. The fourth-order valence-electron chi connectivity index (χ4n) is 9.34. The largest absolute Gasteiger partial charge is 0.460 e. The van der Waals surface area contributed by atoms with E-state index < -0.39 is 30.6 Å². The first kappa shape index (κ1) is 40.6. The van der Waals surface area contributed by atoms with E-state index in [1.165, 1.54) is 0 Å². The van der Waals surface area contributed by atoms with Gasteiger partial charge in [-0.2, -0.15) is 0 Å². The SMILES string of the molecule is CCC1[C@H](OCC2C(C)C(=O)[C@H](C)C[C@H](C)[C@H](O[C@@H]3O[C@H](C)C[C@H](N(C)C)C3C3CC3)C(O)C(=O)O[C@H](CC)[C@@H]2C)O[C@H](C)C[C@@H]1N(C)C. The minimum atomic E-state index is -1.51. The Balaban J connectivity index is 1.58. The molecule has 10 nitrogen and oxygen atoms in total. The number of ether oxygens (including phenoxy) is 5. The third-order valence-electron chi connectivity index (χ3n) is 12.5. The quantitative estimate of drug-likeness (QED) is 0.300. The van der Waals surface area contributed by atoms with Crippen molar-refractivity contribution >= 4 is 11.8 Å². The number of aliphatic hydroxyl groups is 1. The lowest BCUT2D eigenvalue weighted by Crippen LogP contribution is -2.55. The molecule has 0 amide bonds. The van der Waals surface area contributed by atoms with Gasteiger partial charge in [0, 0.05) is 35.8 Å². The fourth-order valence-corrected chi connectivity index (χ4v) is 9.34. The van der Waals surface area contributed by atoms with Crippen LogP contribution in [0.4, 0.5) is 0 Å². The molecular weight excluding hydrogens is 624 g/mol. The molecule has 4 aliphatic rings. The molecule has 4 fully saturated rings. The van der Waals surface area contributed by atoms with Gasteiger partial charge in [-0.1, -0.05) is 41.5 Å². The summed E-state index contributed by atoms with van der Waals surface area (Å²) in [6.45, 7) is 16.6. The summed E-state index contributed by atoms with van der Waals surface area (Å²) < 4.78 is 32.3.